The van der Waals surface area contributed by atoms with Crippen LogP contribution in [0.2, 0.25) is 0 Å². The molecule has 7 heteroatoms. The molecule has 30 heavy (non-hydrogen) atoms. The van der Waals surface area contributed by atoms with Crippen LogP contribution < -0.4 is 20.7 Å². The van der Waals surface area contributed by atoms with E-state index >= 15 is 0 Å². The molecule has 4 rings (SSSR count). The minimum Gasteiger partial charge on any atom is -0.491 e. The number of nitrogens with zero attached hydrogens (tertiary/aromatic N) is 2. The molecule has 7 nitrogen and oxygen atoms in total. The van der Waals surface area contributed by atoms with E-state index in [9.17, 15) is 4.79 Å². The van der Waals surface area contributed by atoms with Gasteiger partial charge in [-0.15, -0.1) is 0 Å². The van der Waals surface area contributed by atoms with Gasteiger partial charge in [0.1, 0.15) is 24.0 Å². The predicted molar refractivity (Wildman–Crippen MR) is 118 cm³/mol. The largest absolute Gasteiger partial charge is 0.491 e. The van der Waals surface area contributed by atoms with Gasteiger partial charge in [0, 0.05) is 37.6 Å². The molecular weight excluding hydrogens is 378 g/mol. The van der Waals surface area contributed by atoms with Crippen LogP contribution in [0.1, 0.15) is 12.5 Å². The van der Waals surface area contributed by atoms with Gasteiger partial charge in [-0.25, -0.2) is 9.97 Å². The van der Waals surface area contributed by atoms with E-state index in [1.165, 1.54) is 6.92 Å². The second-order valence-electron chi connectivity index (χ2n) is 7.17. The van der Waals surface area contributed by atoms with Gasteiger partial charge in [-0.05, 0) is 12.1 Å². The van der Waals surface area contributed by atoms with Crippen LogP contribution in [0.3, 0.4) is 0 Å². The molecule has 1 aromatic heterocycles. The first-order valence-electron chi connectivity index (χ1n) is 10.1. The molecular formula is C23H25N5O2. The van der Waals surface area contributed by atoms with Crippen LogP contribution >= 0.6 is 0 Å². The number of nitrogens with one attached hydrogen (secondary N) is 3. The van der Waals surface area contributed by atoms with E-state index in [0.717, 1.165) is 34.9 Å². The molecule has 1 amide bonds. The van der Waals surface area contributed by atoms with Crippen molar-refractivity contribution in [1.82, 2.24) is 15.3 Å². The van der Waals surface area contributed by atoms with E-state index in [1.54, 1.807) is 0 Å². The molecule has 0 spiro atoms. The number of para-hydroxylation sites is 1. The van der Waals surface area contributed by atoms with Crippen molar-refractivity contribution < 1.29 is 9.53 Å². The Morgan fingerprint density at radius 2 is 1.80 bits per heavy atom. The molecule has 0 radical (unpaired) electrons. The first-order chi connectivity index (χ1) is 14.7. The lowest BCUT2D eigenvalue weighted by Crippen LogP contribution is -2.26. The summed E-state index contributed by atoms with van der Waals surface area (Å²) >= 11 is 0. The van der Waals surface area contributed by atoms with Gasteiger partial charge in [0.05, 0.1) is 6.04 Å². The maximum absolute atomic E-state index is 11.1. The van der Waals surface area contributed by atoms with Crippen molar-refractivity contribution in [3.05, 3.63) is 66.2 Å². The van der Waals surface area contributed by atoms with E-state index in [1.807, 2.05) is 60.7 Å². The summed E-state index contributed by atoms with van der Waals surface area (Å²) in [5, 5.41) is 9.63. The van der Waals surface area contributed by atoms with Crippen molar-refractivity contribution in [3.63, 3.8) is 0 Å². The summed E-state index contributed by atoms with van der Waals surface area (Å²) in [6.45, 7) is 3.16. The van der Waals surface area contributed by atoms with Crippen molar-refractivity contribution in [3.8, 4) is 17.1 Å². The highest BCUT2D eigenvalue weighted by molar-refractivity contribution is 5.73. The summed E-state index contributed by atoms with van der Waals surface area (Å²) in [4.78, 5) is 20.7. The van der Waals surface area contributed by atoms with Crippen molar-refractivity contribution >= 4 is 17.5 Å². The smallest absolute Gasteiger partial charge is 0.216 e. The summed E-state index contributed by atoms with van der Waals surface area (Å²) in [5.41, 5.74) is 2.00. The van der Waals surface area contributed by atoms with Gasteiger partial charge < -0.3 is 20.7 Å². The van der Waals surface area contributed by atoms with E-state index in [0.29, 0.717) is 25.5 Å². The Morgan fingerprint density at radius 1 is 1.07 bits per heavy atom. The first kappa shape index (κ1) is 19.7. The number of carbonyl (C=O) groups excluding carboxylic acids is 1. The normalized spacial score (nSPS) is 14.5. The van der Waals surface area contributed by atoms with Gasteiger partial charge in [0.2, 0.25) is 5.91 Å². The molecule has 1 aliphatic heterocycles. The summed E-state index contributed by atoms with van der Waals surface area (Å²) in [6.07, 6.45) is 0.764. The van der Waals surface area contributed by atoms with Crippen LogP contribution in [0.15, 0.2) is 60.7 Å². The van der Waals surface area contributed by atoms with Crippen LogP contribution in [0.4, 0.5) is 11.6 Å². The minimum absolute atomic E-state index is 0.0468. The number of rotatable bonds is 8. The monoisotopic (exact) mass is 403 g/mol. The van der Waals surface area contributed by atoms with Crippen molar-refractivity contribution in [2.75, 3.05) is 30.3 Å². The third-order valence-electron chi connectivity index (χ3n) is 4.82. The standard InChI is InChI=1S/C23H25N5O2/c1-16(29)24-12-13-25-22-20-14-18(15-30-19-10-6-3-7-11-19)26-23(20)28-21(27-22)17-8-4-2-5-9-17/h2-11,18H,12-15H2,1H3,(H,24,29)(H2,25,26,27,28). The zero-order chi connectivity index (χ0) is 20.8. The summed E-state index contributed by atoms with van der Waals surface area (Å²) in [5.74, 6) is 3.08. The molecule has 0 aliphatic carbocycles. The maximum Gasteiger partial charge on any atom is 0.216 e. The molecule has 0 bridgehead atoms. The van der Waals surface area contributed by atoms with Gasteiger partial charge >= 0.3 is 0 Å². The van der Waals surface area contributed by atoms with Crippen LogP contribution in [0, 0.1) is 0 Å². The number of fused-ring (bicyclic) bond motifs is 1. The number of hydrogen-bond acceptors (Lipinski definition) is 6. The van der Waals surface area contributed by atoms with E-state index in [4.69, 9.17) is 14.7 Å². The third-order valence-corrected chi connectivity index (χ3v) is 4.82. The Hall–Kier alpha value is -3.61. The van der Waals surface area contributed by atoms with Gasteiger partial charge in [-0.3, -0.25) is 4.79 Å². The van der Waals surface area contributed by atoms with E-state index in [-0.39, 0.29) is 11.9 Å². The molecule has 154 valence electrons. The fourth-order valence-electron chi connectivity index (χ4n) is 3.38. The van der Waals surface area contributed by atoms with Crippen LogP contribution in [0.25, 0.3) is 11.4 Å². The number of aromatic nitrogens is 2. The second-order valence-corrected chi connectivity index (χ2v) is 7.17. The van der Waals surface area contributed by atoms with Crippen molar-refractivity contribution in [2.24, 2.45) is 0 Å². The van der Waals surface area contributed by atoms with Crippen molar-refractivity contribution in [2.45, 2.75) is 19.4 Å². The van der Waals surface area contributed by atoms with Crippen LogP contribution in [-0.4, -0.2) is 41.6 Å². The molecule has 0 fully saturated rings. The van der Waals surface area contributed by atoms with E-state index < -0.39 is 0 Å². The maximum atomic E-state index is 11.1. The number of benzene rings is 2. The van der Waals surface area contributed by atoms with Gasteiger partial charge in [0.15, 0.2) is 5.82 Å². The zero-order valence-electron chi connectivity index (χ0n) is 16.9. The van der Waals surface area contributed by atoms with Gasteiger partial charge in [0.25, 0.3) is 0 Å². The first-order valence-corrected chi connectivity index (χ1v) is 10.1. The topological polar surface area (TPSA) is 88.2 Å². The van der Waals surface area contributed by atoms with Gasteiger partial charge in [-0.1, -0.05) is 48.5 Å². The molecule has 1 aliphatic rings. The molecule has 2 heterocycles. The lowest BCUT2D eigenvalue weighted by molar-refractivity contribution is -0.118. The SMILES string of the molecule is CC(=O)NCCNc1nc(-c2ccccc2)nc2c1CC(COc1ccccc1)N2. The highest BCUT2D eigenvalue weighted by Gasteiger charge is 2.27. The fraction of sp³-hybridized carbons (Fsp3) is 0.261. The molecule has 3 N–H and O–H groups in total. The Bertz CT molecular complexity index is 995. The predicted octanol–water partition coefficient (Wildman–Crippen LogP) is 3.11. The van der Waals surface area contributed by atoms with Gasteiger partial charge in [-0.2, -0.15) is 0 Å². The summed E-state index contributed by atoms with van der Waals surface area (Å²) in [7, 11) is 0. The molecule has 1 unspecified atom stereocenters. The minimum atomic E-state index is -0.0468. The lowest BCUT2D eigenvalue weighted by Gasteiger charge is -2.12. The number of hydrogen-bond donors (Lipinski definition) is 3. The molecule has 0 saturated heterocycles. The average molecular weight is 403 g/mol. The summed E-state index contributed by atoms with van der Waals surface area (Å²) < 4.78 is 5.92. The lowest BCUT2D eigenvalue weighted by atomic mass is 10.1. The molecule has 3 aromatic rings. The number of anilines is 2. The Morgan fingerprint density at radius 3 is 2.53 bits per heavy atom. The number of amides is 1. The molecule has 0 saturated carbocycles. The quantitative estimate of drug-likeness (QED) is 0.501. The van der Waals surface area contributed by atoms with E-state index in [2.05, 4.69) is 16.0 Å². The highest BCUT2D eigenvalue weighted by atomic mass is 16.5. The Kier molecular flexibility index (Phi) is 6.08. The molecule has 2 aromatic carbocycles. The Balaban J connectivity index is 1.51. The van der Waals surface area contributed by atoms with Crippen LogP contribution in [0.5, 0.6) is 5.75 Å². The highest BCUT2D eigenvalue weighted by Crippen LogP contribution is 2.32. The average Bonchev–Trinajstić information content (AvgIpc) is 3.19. The fourth-order valence-corrected chi connectivity index (χ4v) is 3.38. The van der Waals surface area contributed by atoms with Crippen molar-refractivity contribution in [1.29, 1.82) is 0 Å². The number of ether oxygens (including phenoxy) is 1. The molecule has 1 atom stereocenters. The van der Waals surface area contributed by atoms with Crippen LogP contribution in [-0.2, 0) is 11.2 Å². The second kappa shape index (κ2) is 9.26. The Labute approximate surface area is 175 Å². The number of carbonyl (C=O) groups is 1. The zero-order valence-corrected chi connectivity index (χ0v) is 16.9. The summed E-state index contributed by atoms with van der Waals surface area (Å²) in [6, 6.07) is 19.8. The third kappa shape index (κ3) is 4.86.